The molecule has 2 N–H and O–H groups in total. The van der Waals surface area contributed by atoms with Crippen LogP contribution in [0.3, 0.4) is 0 Å². The van der Waals surface area contributed by atoms with Crippen molar-refractivity contribution in [2.45, 2.75) is 12.3 Å². The molecule has 0 aliphatic heterocycles. The van der Waals surface area contributed by atoms with E-state index in [1.54, 1.807) is 13.3 Å². The summed E-state index contributed by atoms with van der Waals surface area (Å²) in [5.74, 6) is -0.711. The van der Waals surface area contributed by atoms with E-state index in [4.69, 9.17) is 5.73 Å². The Bertz CT molecular complexity index is 659. The molecule has 0 aliphatic carbocycles. The molecular weight excluding hydrogens is 281 g/mol. The Balaban J connectivity index is 2.27. The molecule has 0 saturated heterocycles. The number of hydrogen-bond donors (Lipinski definition) is 1. The highest BCUT2D eigenvalue weighted by molar-refractivity contribution is 7.70. The zero-order valence-corrected chi connectivity index (χ0v) is 13.2. The van der Waals surface area contributed by atoms with Crippen molar-refractivity contribution in [2.75, 3.05) is 13.3 Å². The Labute approximate surface area is 125 Å². The average Bonchev–Trinajstić information content (AvgIpc) is 2.45. The van der Waals surface area contributed by atoms with E-state index in [1.807, 2.05) is 54.6 Å². The second-order valence-electron chi connectivity index (χ2n) is 5.59. The molecule has 0 aliphatic rings. The van der Waals surface area contributed by atoms with E-state index in [1.165, 1.54) is 0 Å². The molecule has 0 saturated carbocycles. The number of primary amides is 1. The maximum Gasteiger partial charge on any atom is 0.225 e. The minimum absolute atomic E-state index is 0.345. The van der Waals surface area contributed by atoms with Gasteiger partial charge in [0, 0.05) is 5.30 Å². The molecule has 0 heterocycles. The van der Waals surface area contributed by atoms with Gasteiger partial charge in [0.15, 0.2) is 0 Å². The van der Waals surface area contributed by atoms with Crippen LogP contribution in [0, 0.1) is 0 Å². The number of nitrogens with two attached hydrogens (primary N) is 1. The summed E-state index contributed by atoms with van der Waals surface area (Å²) in [4.78, 5) is 11.8. The molecular formula is C17H20NO2P. The summed E-state index contributed by atoms with van der Waals surface area (Å²) in [6.45, 7) is 3.47. The molecule has 1 atom stereocenters. The summed E-state index contributed by atoms with van der Waals surface area (Å²) >= 11 is 0. The standard InChI is InChI=1S/C17H20NO2P/c1-21(2,20)15-10-8-14(9-11-15)16(17(18)19)12-13-6-4-3-5-7-13/h3-11,16H,12H2,1-2H3,(H2,18,19). The summed E-state index contributed by atoms with van der Waals surface area (Å²) in [5, 5.41) is 0.814. The fourth-order valence-electron chi connectivity index (χ4n) is 2.30. The smallest absolute Gasteiger partial charge is 0.225 e. The van der Waals surface area contributed by atoms with E-state index in [2.05, 4.69) is 0 Å². The van der Waals surface area contributed by atoms with Gasteiger partial charge in [-0.05, 0) is 30.9 Å². The lowest BCUT2D eigenvalue weighted by molar-refractivity contribution is -0.119. The Morgan fingerprint density at radius 3 is 2.10 bits per heavy atom. The van der Waals surface area contributed by atoms with E-state index >= 15 is 0 Å². The van der Waals surface area contributed by atoms with E-state index in [0.717, 1.165) is 16.4 Å². The molecule has 1 unspecified atom stereocenters. The minimum Gasteiger partial charge on any atom is -0.369 e. The molecule has 0 radical (unpaired) electrons. The normalized spacial score (nSPS) is 12.9. The second kappa shape index (κ2) is 6.28. The molecule has 0 aromatic heterocycles. The molecule has 1 amide bonds. The first-order valence-corrected chi connectivity index (χ1v) is 9.47. The van der Waals surface area contributed by atoms with Crippen molar-refractivity contribution in [1.29, 1.82) is 0 Å². The zero-order valence-electron chi connectivity index (χ0n) is 12.3. The van der Waals surface area contributed by atoms with Crippen molar-refractivity contribution < 1.29 is 9.36 Å². The van der Waals surface area contributed by atoms with Gasteiger partial charge >= 0.3 is 0 Å². The van der Waals surface area contributed by atoms with Crippen LogP contribution in [-0.4, -0.2) is 19.2 Å². The van der Waals surface area contributed by atoms with Gasteiger partial charge in [-0.15, -0.1) is 0 Å². The third-order valence-corrected chi connectivity index (χ3v) is 5.09. The topological polar surface area (TPSA) is 60.2 Å². The molecule has 2 rings (SSSR count). The molecule has 2 aromatic rings. The van der Waals surface area contributed by atoms with Crippen molar-refractivity contribution >= 4 is 18.4 Å². The summed E-state index contributed by atoms with van der Waals surface area (Å²) in [6, 6.07) is 17.2. The molecule has 4 heteroatoms. The van der Waals surface area contributed by atoms with E-state index in [-0.39, 0.29) is 11.8 Å². The fourth-order valence-corrected chi connectivity index (χ4v) is 3.17. The lowest BCUT2D eigenvalue weighted by atomic mass is 9.91. The Kier molecular flexibility index (Phi) is 4.64. The summed E-state index contributed by atoms with van der Waals surface area (Å²) in [7, 11) is -2.27. The Hall–Kier alpha value is -1.86. The van der Waals surface area contributed by atoms with Crippen LogP contribution in [0.4, 0.5) is 0 Å². The number of benzene rings is 2. The second-order valence-corrected chi connectivity index (χ2v) is 8.81. The van der Waals surface area contributed by atoms with Crippen molar-refractivity contribution in [3.8, 4) is 0 Å². The number of carbonyl (C=O) groups is 1. The number of rotatable bonds is 5. The van der Waals surface area contributed by atoms with Gasteiger partial charge in [-0.2, -0.15) is 0 Å². The molecule has 2 aromatic carbocycles. The molecule has 0 bridgehead atoms. The van der Waals surface area contributed by atoms with Gasteiger partial charge in [-0.25, -0.2) is 0 Å². The summed E-state index contributed by atoms with van der Waals surface area (Å²) in [5.41, 5.74) is 7.48. The first-order chi connectivity index (χ1) is 9.88. The predicted octanol–water partition coefficient (Wildman–Crippen LogP) is 2.75. The van der Waals surface area contributed by atoms with Gasteiger partial charge in [0.25, 0.3) is 0 Å². The highest BCUT2D eigenvalue weighted by atomic mass is 31.2. The van der Waals surface area contributed by atoms with Gasteiger partial charge in [-0.3, -0.25) is 4.79 Å². The van der Waals surface area contributed by atoms with Crippen LogP contribution in [0.2, 0.25) is 0 Å². The van der Waals surface area contributed by atoms with Crippen LogP contribution in [0.5, 0.6) is 0 Å². The van der Waals surface area contributed by atoms with Gasteiger partial charge in [0.2, 0.25) is 5.91 Å². The minimum atomic E-state index is -2.27. The maximum atomic E-state index is 12.0. The van der Waals surface area contributed by atoms with E-state index in [9.17, 15) is 9.36 Å². The highest BCUT2D eigenvalue weighted by Crippen LogP contribution is 2.34. The summed E-state index contributed by atoms with van der Waals surface area (Å²) < 4.78 is 12.0. The largest absolute Gasteiger partial charge is 0.369 e. The van der Waals surface area contributed by atoms with Gasteiger partial charge in [0.1, 0.15) is 7.14 Å². The van der Waals surface area contributed by atoms with Crippen molar-refractivity contribution in [2.24, 2.45) is 5.73 Å². The lowest BCUT2D eigenvalue weighted by Crippen LogP contribution is -2.23. The van der Waals surface area contributed by atoms with Crippen LogP contribution >= 0.6 is 7.14 Å². The molecule has 3 nitrogen and oxygen atoms in total. The molecule has 110 valence electrons. The third-order valence-electron chi connectivity index (χ3n) is 3.54. The number of hydrogen-bond acceptors (Lipinski definition) is 2. The maximum absolute atomic E-state index is 12.0. The van der Waals surface area contributed by atoms with Crippen molar-refractivity contribution in [3.05, 3.63) is 65.7 Å². The van der Waals surface area contributed by atoms with Crippen LogP contribution in [0.15, 0.2) is 54.6 Å². The molecule has 21 heavy (non-hydrogen) atoms. The van der Waals surface area contributed by atoms with Gasteiger partial charge in [-0.1, -0.05) is 54.6 Å². The first kappa shape index (κ1) is 15.5. The van der Waals surface area contributed by atoms with Gasteiger partial charge in [0.05, 0.1) is 5.92 Å². The van der Waals surface area contributed by atoms with E-state index < -0.39 is 7.14 Å². The van der Waals surface area contributed by atoms with E-state index in [0.29, 0.717) is 6.42 Å². The number of amides is 1. The monoisotopic (exact) mass is 301 g/mol. The zero-order chi connectivity index (χ0) is 15.5. The van der Waals surface area contributed by atoms with Crippen LogP contribution in [0.25, 0.3) is 0 Å². The van der Waals surface area contributed by atoms with Crippen LogP contribution in [-0.2, 0) is 15.8 Å². The first-order valence-electron chi connectivity index (χ1n) is 6.86. The molecule has 0 spiro atoms. The fraction of sp³-hybridized carbons (Fsp3) is 0.235. The number of carbonyl (C=O) groups excluding carboxylic acids is 1. The average molecular weight is 301 g/mol. The Morgan fingerprint density at radius 2 is 1.62 bits per heavy atom. The summed E-state index contributed by atoms with van der Waals surface area (Å²) in [6.07, 6.45) is 0.575. The van der Waals surface area contributed by atoms with Crippen molar-refractivity contribution in [3.63, 3.8) is 0 Å². The SMILES string of the molecule is CP(C)(=O)c1ccc(C(Cc2ccccc2)C(N)=O)cc1. The van der Waals surface area contributed by atoms with Crippen molar-refractivity contribution in [1.82, 2.24) is 0 Å². The highest BCUT2D eigenvalue weighted by Gasteiger charge is 2.19. The lowest BCUT2D eigenvalue weighted by Gasteiger charge is -2.15. The van der Waals surface area contributed by atoms with Crippen LogP contribution in [0.1, 0.15) is 17.0 Å². The third kappa shape index (κ3) is 4.05. The van der Waals surface area contributed by atoms with Gasteiger partial charge < -0.3 is 10.3 Å². The molecule has 0 fully saturated rings. The Morgan fingerprint density at radius 1 is 1.05 bits per heavy atom. The quantitative estimate of drug-likeness (QED) is 0.863. The predicted molar refractivity (Wildman–Crippen MR) is 87.6 cm³/mol. The van der Waals surface area contributed by atoms with Crippen LogP contribution < -0.4 is 11.0 Å².